The van der Waals surface area contributed by atoms with Gasteiger partial charge in [0.2, 0.25) is 5.91 Å². The molecule has 1 N–H and O–H groups in total. The smallest absolute Gasteiger partial charge is 0.235 e. The zero-order valence-electron chi connectivity index (χ0n) is 13.0. The summed E-state index contributed by atoms with van der Waals surface area (Å²) >= 11 is 0. The molecule has 1 fully saturated rings. The third-order valence-corrected chi connectivity index (χ3v) is 6.37. The van der Waals surface area contributed by atoms with Crippen molar-refractivity contribution in [3.8, 4) is 0 Å². The molecule has 2 rings (SSSR count). The maximum absolute atomic E-state index is 13.8. The fourth-order valence-electron chi connectivity index (χ4n) is 2.97. The van der Waals surface area contributed by atoms with Crippen molar-refractivity contribution in [1.29, 1.82) is 0 Å². The van der Waals surface area contributed by atoms with E-state index in [4.69, 9.17) is 0 Å². The molecule has 7 heteroatoms. The molecule has 128 valence electrons. The second-order valence-electron chi connectivity index (χ2n) is 5.91. The highest BCUT2D eigenvalue weighted by Crippen LogP contribution is 2.26. The third-order valence-electron chi connectivity index (χ3n) is 4.22. The van der Waals surface area contributed by atoms with Crippen molar-refractivity contribution in [2.75, 3.05) is 5.75 Å². The molecule has 1 amide bonds. The molecule has 1 aliphatic carbocycles. The van der Waals surface area contributed by atoms with Gasteiger partial charge in [0.15, 0.2) is 9.84 Å². The van der Waals surface area contributed by atoms with Crippen LogP contribution in [0, 0.1) is 11.6 Å². The monoisotopic (exact) mass is 345 g/mol. The first-order valence-corrected chi connectivity index (χ1v) is 9.51. The number of hydrogen-bond acceptors (Lipinski definition) is 3. The molecule has 0 saturated heterocycles. The van der Waals surface area contributed by atoms with Crippen molar-refractivity contribution >= 4 is 15.7 Å². The van der Waals surface area contributed by atoms with E-state index in [9.17, 15) is 22.0 Å². The van der Waals surface area contributed by atoms with E-state index in [1.54, 1.807) is 6.92 Å². The van der Waals surface area contributed by atoms with Crippen LogP contribution in [-0.4, -0.2) is 25.3 Å². The van der Waals surface area contributed by atoms with E-state index in [-0.39, 0.29) is 5.56 Å². The number of sulfone groups is 1. The first kappa shape index (κ1) is 17.8. The van der Waals surface area contributed by atoms with Crippen LogP contribution in [0.2, 0.25) is 0 Å². The van der Waals surface area contributed by atoms with Gasteiger partial charge in [0.25, 0.3) is 0 Å². The molecule has 1 aromatic rings. The van der Waals surface area contributed by atoms with Gasteiger partial charge in [-0.25, -0.2) is 17.2 Å². The first-order valence-electron chi connectivity index (χ1n) is 7.79. The number of halogens is 2. The normalized spacial score (nSPS) is 17.2. The summed E-state index contributed by atoms with van der Waals surface area (Å²) in [5.41, 5.74) is 0.0270. The maximum Gasteiger partial charge on any atom is 0.235 e. The standard InChI is InChI=1S/C16H21F2NO3S/c1-2-15(13-9-11(17)7-8-14(13)18)19-16(20)10-23(21,22)12-5-3-4-6-12/h7-9,12,15H,2-6,10H2,1H3,(H,19,20)/t15-/m1/s1. The molecule has 1 saturated carbocycles. The summed E-state index contributed by atoms with van der Waals surface area (Å²) in [4.78, 5) is 12.0. The Balaban J connectivity index is 2.06. The van der Waals surface area contributed by atoms with Gasteiger partial charge in [0, 0.05) is 5.56 Å². The largest absolute Gasteiger partial charge is 0.348 e. The number of nitrogens with one attached hydrogen (secondary N) is 1. The number of carbonyl (C=O) groups is 1. The van der Waals surface area contributed by atoms with Gasteiger partial charge in [-0.05, 0) is 37.5 Å². The Kier molecular flexibility index (Phi) is 5.73. The zero-order chi connectivity index (χ0) is 17.0. The average Bonchev–Trinajstić information content (AvgIpc) is 3.02. The van der Waals surface area contributed by atoms with Gasteiger partial charge < -0.3 is 5.32 Å². The number of hydrogen-bond donors (Lipinski definition) is 1. The van der Waals surface area contributed by atoms with Gasteiger partial charge in [-0.15, -0.1) is 0 Å². The Morgan fingerprint density at radius 2 is 1.96 bits per heavy atom. The summed E-state index contributed by atoms with van der Waals surface area (Å²) < 4.78 is 51.4. The Morgan fingerprint density at radius 3 is 2.57 bits per heavy atom. The molecule has 4 nitrogen and oxygen atoms in total. The van der Waals surface area contributed by atoms with Crippen LogP contribution in [0.1, 0.15) is 50.6 Å². The second kappa shape index (κ2) is 7.38. The van der Waals surface area contributed by atoms with E-state index in [1.165, 1.54) is 0 Å². The molecular weight excluding hydrogens is 324 g/mol. The average molecular weight is 345 g/mol. The lowest BCUT2D eigenvalue weighted by atomic mass is 10.0. The summed E-state index contributed by atoms with van der Waals surface area (Å²) in [6.07, 6.45) is 3.22. The van der Waals surface area contributed by atoms with Gasteiger partial charge in [-0.1, -0.05) is 19.8 Å². The lowest BCUT2D eigenvalue weighted by Crippen LogP contribution is -2.36. The van der Waals surface area contributed by atoms with Crippen LogP contribution in [0.25, 0.3) is 0 Å². The minimum Gasteiger partial charge on any atom is -0.348 e. The number of benzene rings is 1. The first-order chi connectivity index (χ1) is 10.8. The van der Waals surface area contributed by atoms with Crippen molar-refractivity contribution < 1.29 is 22.0 Å². The van der Waals surface area contributed by atoms with E-state index < -0.39 is 44.4 Å². The van der Waals surface area contributed by atoms with Crippen LogP contribution in [-0.2, 0) is 14.6 Å². The molecule has 0 aromatic heterocycles. The molecule has 1 aromatic carbocycles. The maximum atomic E-state index is 13.8. The van der Waals surface area contributed by atoms with Gasteiger partial charge in [-0.2, -0.15) is 0 Å². The molecule has 23 heavy (non-hydrogen) atoms. The second-order valence-corrected chi connectivity index (χ2v) is 8.19. The van der Waals surface area contributed by atoms with Crippen LogP contribution in [0.3, 0.4) is 0 Å². The molecule has 0 radical (unpaired) electrons. The Morgan fingerprint density at radius 1 is 1.30 bits per heavy atom. The molecule has 1 aliphatic rings. The van der Waals surface area contributed by atoms with Crippen LogP contribution >= 0.6 is 0 Å². The minimum atomic E-state index is -3.49. The van der Waals surface area contributed by atoms with E-state index in [0.717, 1.165) is 31.0 Å². The van der Waals surface area contributed by atoms with Crippen LogP contribution in [0.4, 0.5) is 8.78 Å². The van der Waals surface area contributed by atoms with Crippen molar-refractivity contribution in [3.05, 3.63) is 35.4 Å². The van der Waals surface area contributed by atoms with Crippen molar-refractivity contribution in [2.45, 2.75) is 50.3 Å². The molecule has 0 heterocycles. The fraction of sp³-hybridized carbons (Fsp3) is 0.562. The van der Waals surface area contributed by atoms with E-state index in [0.29, 0.717) is 19.3 Å². The molecule has 0 spiro atoms. The van der Waals surface area contributed by atoms with Crippen LogP contribution in [0.15, 0.2) is 18.2 Å². The molecule has 0 unspecified atom stereocenters. The lowest BCUT2D eigenvalue weighted by molar-refractivity contribution is -0.119. The predicted octanol–water partition coefficient (Wildman–Crippen LogP) is 2.89. The topological polar surface area (TPSA) is 63.2 Å². The van der Waals surface area contributed by atoms with Crippen LogP contribution in [0.5, 0.6) is 0 Å². The van der Waals surface area contributed by atoms with Gasteiger partial charge in [0.1, 0.15) is 17.4 Å². The molecule has 0 aliphatic heterocycles. The third kappa shape index (κ3) is 4.50. The highest BCUT2D eigenvalue weighted by atomic mass is 32.2. The minimum absolute atomic E-state index is 0.0270. The molecule has 1 atom stereocenters. The van der Waals surface area contributed by atoms with Gasteiger partial charge in [-0.3, -0.25) is 4.79 Å². The Bertz CT molecular complexity index is 670. The summed E-state index contributed by atoms with van der Waals surface area (Å²) in [6.45, 7) is 1.71. The number of rotatable bonds is 6. The highest BCUT2D eigenvalue weighted by Gasteiger charge is 2.31. The van der Waals surface area contributed by atoms with Crippen LogP contribution < -0.4 is 5.32 Å². The molecule has 0 bridgehead atoms. The molecular formula is C16H21F2NO3S. The summed E-state index contributed by atoms with van der Waals surface area (Å²) in [7, 11) is -3.49. The van der Waals surface area contributed by atoms with E-state index in [1.807, 2.05) is 0 Å². The van der Waals surface area contributed by atoms with Gasteiger partial charge >= 0.3 is 0 Å². The number of carbonyl (C=O) groups excluding carboxylic acids is 1. The highest BCUT2D eigenvalue weighted by molar-refractivity contribution is 7.92. The Labute approximate surface area is 135 Å². The fourth-order valence-corrected chi connectivity index (χ4v) is 4.70. The van der Waals surface area contributed by atoms with E-state index in [2.05, 4.69) is 5.32 Å². The van der Waals surface area contributed by atoms with E-state index >= 15 is 0 Å². The summed E-state index contributed by atoms with van der Waals surface area (Å²) in [5, 5.41) is 2.05. The van der Waals surface area contributed by atoms with Crippen molar-refractivity contribution in [1.82, 2.24) is 5.32 Å². The van der Waals surface area contributed by atoms with Crippen molar-refractivity contribution in [3.63, 3.8) is 0 Å². The summed E-state index contributed by atoms with van der Waals surface area (Å²) in [5.74, 6) is -2.51. The summed E-state index contributed by atoms with van der Waals surface area (Å²) in [6, 6.07) is 2.26. The quantitative estimate of drug-likeness (QED) is 0.862. The van der Waals surface area contributed by atoms with Crippen molar-refractivity contribution in [2.24, 2.45) is 0 Å². The predicted molar refractivity (Wildman–Crippen MR) is 83.6 cm³/mol. The SMILES string of the molecule is CC[C@@H](NC(=O)CS(=O)(=O)C1CCCC1)c1cc(F)ccc1F. The van der Waals surface area contributed by atoms with Gasteiger partial charge in [0.05, 0.1) is 11.3 Å². The zero-order valence-corrected chi connectivity index (χ0v) is 13.8. The lowest BCUT2D eigenvalue weighted by Gasteiger charge is -2.19. The number of amides is 1. The Hall–Kier alpha value is -1.50.